The van der Waals surface area contributed by atoms with Gasteiger partial charge in [-0.3, -0.25) is 5.41 Å². The maximum absolute atomic E-state index is 7.75. The summed E-state index contributed by atoms with van der Waals surface area (Å²) < 4.78 is 4.93. The van der Waals surface area contributed by atoms with Crippen LogP contribution in [0.1, 0.15) is 5.56 Å². The number of nitrogens with zero attached hydrogens (tertiary/aromatic N) is 3. The molecule has 1 aromatic heterocycles. The lowest BCUT2D eigenvalue weighted by molar-refractivity contribution is 0.401. The van der Waals surface area contributed by atoms with Crippen LogP contribution in [0.5, 0.6) is 0 Å². The predicted molar refractivity (Wildman–Crippen MR) is 65.4 cm³/mol. The average molecular weight is 236 g/mol. The molecule has 0 spiro atoms. The largest absolute Gasteiger partial charge is 0.481 e. The molecule has 0 aliphatic carbocycles. The third-order valence-electron chi connectivity index (χ3n) is 2.70. The second-order valence-corrected chi connectivity index (χ2v) is 3.73. The molecule has 0 bridgehead atoms. The van der Waals surface area contributed by atoms with Gasteiger partial charge in [0.25, 0.3) is 0 Å². The second-order valence-electron chi connectivity index (χ2n) is 3.73. The highest BCUT2D eigenvalue weighted by molar-refractivity contribution is 6.00. The van der Waals surface area contributed by atoms with Crippen LogP contribution in [0, 0.1) is 5.41 Å². The minimum Gasteiger partial charge on any atom is -0.481 e. The van der Waals surface area contributed by atoms with Crippen LogP contribution >= 0.6 is 0 Å². The Kier molecular flexibility index (Phi) is 3.38. The number of methoxy groups -OCH3 is 1. The van der Waals surface area contributed by atoms with Gasteiger partial charge in [-0.1, -0.05) is 0 Å². The van der Waals surface area contributed by atoms with Gasteiger partial charge in [0.1, 0.15) is 23.5 Å². The Balaban J connectivity index is 2.38. The molecule has 0 radical (unpaired) electrons. The summed E-state index contributed by atoms with van der Waals surface area (Å²) in [6, 6.07) is 0. The van der Waals surface area contributed by atoms with E-state index in [4.69, 9.17) is 15.9 Å². The Hall–Kier alpha value is -1.89. The van der Waals surface area contributed by atoms with Crippen LogP contribution in [0.15, 0.2) is 6.33 Å². The molecule has 0 unspecified atom stereocenters. The molecule has 1 saturated heterocycles. The molecule has 92 valence electrons. The van der Waals surface area contributed by atoms with Gasteiger partial charge in [0.2, 0.25) is 5.90 Å². The zero-order valence-corrected chi connectivity index (χ0v) is 9.73. The molecule has 2 heterocycles. The molecule has 1 fully saturated rings. The molecule has 1 aliphatic rings. The van der Waals surface area contributed by atoms with Crippen LogP contribution in [0.25, 0.3) is 0 Å². The van der Waals surface area contributed by atoms with Crippen LogP contribution in [0.3, 0.4) is 0 Å². The van der Waals surface area contributed by atoms with Crippen molar-refractivity contribution < 1.29 is 4.74 Å². The molecule has 0 saturated carbocycles. The highest BCUT2D eigenvalue weighted by Gasteiger charge is 2.21. The van der Waals surface area contributed by atoms with Crippen molar-refractivity contribution in [2.24, 2.45) is 0 Å². The molecule has 7 nitrogen and oxygen atoms in total. The van der Waals surface area contributed by atoms with Crippen LogP contribution in [0.4, 0.5) is 11.6 Å². The minimum atomic E-state index is -0.00312. The van der Waals surface area contributed by atoms with Gasteiger partial charge < -0.3 is 20.7 Å². The lowest BCUT2D eigenvalue weighted by Gasteiger charge is -2.29. The third kappa shape index (κ3) is 2.28. The molecule has 1 aromatic rings. The average Bonchev–Trinajstić information content (AvgIpc) is 2.38. The quantitative estimate of drug-likeness (QED) is 0.470. The van der Waals surface area contributed by atoms with Gasteiger partial charge in [0.15, 0.2) is 0 Å². The third-order valence-corrected chi connectivity index (χ3v) is 2.70. The van der Waals surface area contributed by atoms with Crippen molar-refractivity contribution in [2.45, 2.75) is 0 Å². The lowest BCUT2D eigenvalue weighted by Crippen LogP contribution is -2.44. The summed E-state index contributed by atoms with van der Waals surface area (Å²) in [5.74, 6) is 0.947. The van der Waals surface area contributed by atoms with Crippen molar-refractivity contribution >= 4 is 17.5 Å². The van der Waals surface area contributed by atoms with Gasteiger partial charge in [-0.05, 0) is 0 Å². The summed E-state index contributed by atoms with van der Waals surface area (Å²) >= 11 is 0. The van der Waals surface area contributed by atoms with E-state index in [2.05, 4.69) is 20.2 Å². The first-order chi connectivity index (χ1) is 8.24. The number of ether oxygens (including phenoxy) is 1. The normalized spacial score (nSPS) is 15.7. The molecule has 7 heteroatoms. The van der Waals surface area contributed by atoms with Gasteiger partial charge in [0.05, 0.1) is 7.11 Å². The van der Waals surface area contributed by atoms with E-state index in [1.807, 2.05) is 0 Å². The fraction of sp³-hybridized carbons (Fsp3) is 0.500. The molecule has 0 atom stereocenters. The number of nitrogen functional groups attached to an aromatic ring is 1. The first-order valence-electron chi connectivity index (χ1n) is 5.43. The Bertz CT molecular complexity index is 415. The molecule has 0 amide bonds. The molecule has 0 aromatic carbocycles. The van der Waals surface area contributed by atoms with E-state index in [0.717, 1.165) is 26.2 Å². The highest BCUT2D eigenvalue weighted by Crippen LogP contribution is 2.22. The van der Waals surface area contributed by atoms with E-state index in [0.29, 0.717) is 11.4 Å². The Labute approximate surface area is 99.5 Å². The van der Waals surface area contributed by atoms with E-state index in [-0.39, 0.29) is 11.7 Å². The van der Waals surface area contributed by atoms with Crippen molar-refractivity contribution in [1.29, 1.82) is 5.41 Å². The predicted octanol–water partition coefficient (Wildman–Crippen LogP) is -0.560. The standard InChI is InChI=1S/C10H16N6O/c1-17-9(12)7-8(11)14-6-15-10(7)16-4-2-13-3-5-16/h6,12-13H,2-5H2,1H3,(H2,11,14,15). The zero-order chi connectivity index (χ0) is 12.3. The Morgan fingerprint density at radius 2 is 2.18 bits per heavy atom. The van der Waals surface area contributed by atoms with E-state index in [1.165, 1.54) is 13.4 Å². The summed E-state index contributed by atoms with van der Waals surface area (Å²) in [5.41, 5.74) is 6.26. The van der Waals surface area contributed by atoms with Crippen LogP contribution < -0.4 is 16.0 Å². The smallest absolute Gasteiger partial charge is 0.220 e. The summed E-state index contributed by atoms with van der Waals surface area (Å²) in [5, 5.41) is 11.0. The molecular weight excluding hydrogens is 220 g/mol. The van der Waals surface area contributed by atoms with Crippen molar-refractivity contribution in [1.82, 2.24) is 15.3 Å². The van der Waals surface area contributed by atoms with Crippen molar-refractivity contribution in [2.75, 3.05) is 43.9 Å². The first-order valence-corrected chi connectivity index (χ1v) is 5.43. The lowest BCUT2D eigenvalue weighted by atomic mass is 10.2. The van der Waals surface area contributed by atoms with Crippen LogP contribution in [-0.2, 0) is 4.74 Å². The fourth-order valence-corrected chi connectivity index (χ4v) is 1.83. The van der Waals surface area contributed by atoms with E-state index < -0.39 is 0 Å². The van der Waals surface area contributed by atoms with Crippen molar-refractivity contribution in [3.63, 3.8) is 0 Å². The maximum atomic E-state index is 7.75. The van der Waals surface area contributed by atoms with E-state index >= 15 is 0 Å². The molecule has 2 rings (SSSR count). The van der Waals surface area contributed by atoms with Crippen LogP contribution in [0.2, 0.25) is 0 Å². The first kappa shape index (κ1) is 11.6. The second kappa shape index (κ2) is 4.96. The van der Waals surface area contributed by atoms with Gasteiger partial charge in [-0.25, -0.2) is 9.97 Å². The maximum Gasteiger partial charge on any atom is 0.220 e. The highest BCUT2D eigenvalue weighted by atomic mass is 16.5. The monoisotopic (exact) mass is 236 g/mol. The van der Waals surface area contributed by atoms with E-state index in [1.54, 1.807) is 0 Å². The SMILES string of the molecule is COC(=N)c1c(N)ncnc1N1CCNCC1. The number of nitrogens with one attached hydrogen (secondary N) is 2. The summed E-state index contributed by atoms with van der Waals surface area (Å²) in [6.07, 6.45) is 1.42. The number of hydrogen-bond donors (Lipinski definition) is 3. The number of anilines is 2. The van der Waals surface area contributed by atoms with Gasteiger partial charge in [-0.2, -0.15) is 0 Å². The molecule has 1 aliphatic heterocycles. The summed E-state index contributed by atoms with van der Waals surface area (Å²) in [7, 11) is 1.44. The minimum absolute atomic E-state index is 0.00312. The number of hydrogen-bond acceptors (Lipinski definition) is 7. The Morgan fingerprint density at radius 3 is 2.82 bits per heavy atom. The zero-order valence-electron chi connectivity index (χ0n) is 9.73. The number of nitrogens with two attached hydrogens (primary N) is 1. The van der Waals surface area contributed by atoms with E-state index in [9.17, 15) is 0 Å². The molecular formula is C10H16N6O. The number of rotatable bonds is 2. The number of piperazine rings is 1. The Morgan fingerprint density at radius 1 is 1.47 bits per heavy atom. The van der Waals surface area contributed by atoms with Crippen LogP contribution in [-0.4, -0.2) is 49.2 Å². The fourth-order valence-electron chi connectivity index (χ4n) is 1.83. The number of aromatic nitrogens is 2. The van der Waals surface area contributed by atoms with Crippen molar-refractivity contribution in [3.8, 4) is 0 Å². The molecule has 17 heavy (non-hydrogen) atoms. The van der Waals surface area contributed by atoms with Crippen molar-refractivity contribution in [3.05, 3.63) is 11.9 Å². The topological polar surface area (TPSA) is 100 Å². The summed E-state index contributed by atoms with van der Waals surface area (Å²) in [6.45, 7) is 3.45. The molecule has 4 N–H and O–H groups in total. The van der Waals surface area contributed by atoms with Gasteiger partial charge in [0, 0.05) is 26.2 Å². The van der Waals surface area contributed by atoms with Gasteiger partial charge in [-0.15, -0.1) is 0 Å². The summed E-state index contributed by atoms with van der Waals surface area (Å²) in [4.78, 5) is 10.2. The van der Waals surface area contributed by atoms with Gasteiger partial charge >= 0.3 is 0 Å².